The smallest absolute Gasteiger partial charge is 0.315 e. The molecule has 0 spiro atoms. The third-order valence-corrected chi connectivity index (χ3v) is 3.78. The van der Waals surface area contributed by atoms with Gasteiger partial charge in [-0.1, -0.05) is 6.07 Å². The van der Waals surface area contributed by atoms with Gasteiger partial charge in [-0.3, -0.25) is 4.68 Å². The van der Waals surface area contributed by atoms with Gasteiger partial charge in [0.1, 0.15) is 0 Å². The summed E-state index contributed by atoms with van der Waals surface area (Å²) in [6.07, 6.45) is 4.53. The fraction of sp³-hybridized carbons (Fsp3) is 0.385. The maximum absolute atomic E-state index is 11.7. The molecule has 0 aliphatic rings. The van der Waals surface area contributed by atoms with Crippen molar-refractivity contribution >= 4 is 17.4 Å². The average molecular weight is 278 g/mol. The number of thiophene rings is 1. The first-order valence-electron chi connectivity index (χ1n) is 6.31. The first kappa shape index (κ1) is 13.6. The summed E-state index contributed by atoms with van der Waals surface area (Å²) >= 11 is 1.65. The van der Waals surface area contributed by atoms with Crippen molar-refractivity contribution in [2.75, 3.05) is 6.54 Å². The van der Waals surface area contributed by atoms with Crippen molar-refractivity contribution in [3.05, 3.63) is 40.8 Å². The molecule has 0 radical (unpaired) electrons. The Hall–Kier alpha value is -1.82. The monoisotopic (exact) mass is 278 g/mol. The summed E-state index contributed by atoms with van der Waals surface area (Å²) in [5.41, 5.74) is 0. The highest BCUT2D eigenvalue weighted by Gasteiger charge is 2.09. The molecule has 6 heteroatoms. The maximum Gasteiger partial charge on any atom is 0.315 e. The molecule has 2 aromatic heterocycles. The molecule has 0 unspecified atom stereocenters. The van der Waals surface area contributed by atoms with E-state index in [1.165, 1.54) is 0 Å². The molecule has 102 valence electrons. The Bertz CT molecular complexity index is 481. The van der Waals surface area contributed by atoms with Crippen LogP contribution in [0.15, 0.2) is 36.0 Å². The number of urea groups is 1. The molecular weight excluding hydrogens is 260 g/mol. The summed E-state index contributed by atoms with van der Waals surface area (Å²) < 4.78 is 1.86. The highest BCUT2D eigenvalue weighted by molar-refractivity contribution is 7.10. The zero-order valence-electron chi connectivity index (χ0n) is 10.9. The molecule has 2 N–H and O–H groups in total. The molecule has 0 bridgehead atoms. The van der Waals surface area contributed by atoms with Gasteiger partial charge in [0.2, 0.25) is 0 Å². The summed E-state index contributed by atoms with van der Waals surface area (Å²) in [5.74, 6) is 0. The lowest BCUT2D eigenvalue weighted by molar-refractivity contribution is 0.237. The lowest BCUT2D eigenvalue weighted by Crippen LogP contribution is -2.37. The largest absolute Gasteiger partial charge is 0.338 e. The Labute approximate surface area is 116 Å². The summed E-state index contributed by atoms with van der Waals surface area (Å²) in [6, 6.07) is 5.82. The predicted octanol–water partition coefficient (Wildman–Crippen LogP) is 2.40. The number of aryl methyl sites for hydroxylation is 1. The van der Waals surface area contributed by atoms with Gasteiger partial charge in [0, 0.05) is 30.4 Å². The van der Waals surface area contributed by atoms with Gasteiger partial charge in [0.05, 0.1) is 6.04 Å². The minimum absolute atomic E-state index is 0.0473. The van der Waals surface area contributed by atoms with E-state index in [2.05, 4.69) is 15.7 Å². The van der Waals surface area contributed by atoms with Gasteiger partial charge in [-0.2, -0.15) is 5.10 Å². The van der Waals surface area contributed by atoms with E-state index in [1.54, 1.807) is 17.5 Å². The normalized spacial score (nSPS) is 12.1. The molecule has 2 rings (SSSR count). The SMILES string of the molecule is C[C@@H](NC(=O)NCCCn1cccn1)c1cccs1. The number of carbonyl (C=O) groups excluding carboxylic acids is 1. The van der Waals surface area contributed by atoms with Crippen LogP contribution in [0.2, 0.25) is 0 Å². The number of nitrogens with zero attached hydrogens (tertiary/aromatic N) is 2. The van der Waals surface area contributed by atoms with Crippen LogP contribution in [-0.4, -0.2) is 22.4 Å². The second-order valence-corrected chi connectivity index (χ2v) is 5.24. The maximum atomic E-state index is 11.7. The molecule has 19 heavy (non-hydrogen) atoms. The zero-order valence-corrected chi connectivity index (χ0v) is 11.7. The topological polar surface area (TPSA) is 59.0 Å². The third-order valence-electron chi connectivity index (χ3n) is 2.73. The molecule has 2 amide bonds. The third kappa shape index (κ3) is 4.40. The van der Waals surface area contributed by atoms with Gasteiger partial charge >= 0.3 is 6.03 Å². The fourth-order valence-corrected chi connectivity index (χ4v) is 2.47. The molecule has 2 aromatic rings. The molecule has 0 aliphatic carbocycles. The minimum Gasteiger partial charge on any atom is -0.338 e. The number of hydrogen-bond donors (Lipinski definition) is 2. The number of amides is 2. The van der Waals surface area contributed by atoms with Crippen LogP contribution < -0.4 is 10.6 Å². The predicted molar refractivity (Wildman–Crippen MR) is 76.1 cm³/mol. The van der Waals surface area contributed by atoms with Crippen molar-refractivity contribution in [2.45, 2.75) is 25.9 Å². The van der Waals surface area contributed by atoms with Crippen LogP contribution >= 0.6 is 11.3 Å². The second-order valence-electron chi connectivity index (χ2n) is 4.26. The molecule has 0 saturated carbocycles. The van der Waals surface area contributed by atoms with E-state index in [9.17, 15) is 4.79 Å². The van der Waals surface area contributed by atoms with Crippen molar-refractivity contribution in [1.29, 1.82) is 0 Å². The first-order valence-corrected chi connectivity index (χ1v) is 7.19. The quantitative estimate of drug-likeness (QED) is 0.797. The summed E-state index contributed by atoms with van der Waals surface area (Å²) in [6.45, 7) is 3.44. The Morgan fingerprint density at radius 2 is 2.42 bits per heavy atom. The van der Waals surface area contributed by atoms with Crippen molar-refractivity contribution < 1.29 is 4.79 Å². The second kappa shape index (κ2) is 6.94. The van der Waals surface area contributed by atoms with Crippen LogP contribution in [0.25, 0.3) is 0 Å². The van der Waals surface area contributed by atoms with Crippen LogP contribution in [0.5, 0.6) is 0 Å². The van der Waals surface area contributed by atoms with E-state index in [1.807, 2.05) is 41.4 Å². The first-order chi connectivity index (χ1) is 9.25. The lowest BCUT2D eigenvalue weighted by Gasteiger charge is -2.13. The molecule has 0 aromatic carbocycles. The Kier molecular flexibility index (Phi) is 4.97. The van der Waals surface area contributed by atoms with Gasteiger partial charge in [0.15, 0.2) is 0 Å². The molecule has 2 heterocycles. The summed E-state index contributed by atoms with van der Waals surface area (Å²) in [5, 5.41) is 11.9. The van der Waals surface area contributed by atoms with Crippen molar-refractivity contribution in [1.82, 2.24) is 20.4 Å². The van der Waals surface area contributed by atoms with Crippen LogP contribution in [0.3, 0.4) is 0 Å². The van der Waals surface area contributed by atoms with Crippen molar-refractivity contribution in [3.63, 3.8) is 0 Å². The van der Waals surface area contributed by atoms with Crippen LogP contribution in [0.4, 0.5) is 4.79 Å². The molecule has 0 saturated heterocycles. The lowest BCUT2D eigenvalue weighted by atomic mass is 10.3. The summed E-state index contributed by atoms with van der Waals surface area (Å²) in [7, 11) is 0. The number of rotatable bonds is 6. The van der Waals surface area contributed by atoms with Crippen LogP contribution in [0, 0.1) is 0 Å². The van der Waals surface area contributed by atoms with Crippen molar-refractivity contribution in [3.8, 4) is 0 Å². The molecular formula is C13H18N4OS. The Morgan fingerprint density at radius 1 is 1.53 bits per heavy atom. The highest BCUT2D eigenvalue weighted by atomic mass is 32.1. The van der Waals surface area contributed by atoms with Crippen LogP contribution in [0.1, 0.15) is 24.3 Å². The highest BCUT2D eigenvalue weighted by Crippen LogP contribution is 2.17. The van der Waals surface area contributed by atoms with Crippen LogP contribution in [-0.2, 0) is 6.54 Å². The van der Waals surface area contributed by atoms with Gasteiger partial charge in [-0.25, -0.2) is 4.79 Å². The van der Waals surface area contributed by atoms with E-state index in [0.717, 1.165) is 17.8 Å². The molecule has 5 nitrogen and oxygen atoms in total. The molecule has 0 aliphatic heterocycles. The fourth-order valence-electron chi connectivity index (χ4n) is 1.73. The average Bonchev–Trinajstić information content (AvgIpc) is 3.07. The van der Waals surface area contributed by atoms with Gasteiger partial charge in [-0.05, 0) is 30.9 Å². The number of nitrogens with one attached hydrogen (secondary N) is 2. The van der Waals surface area contributed by atoms with Crippen molar-refractivity contribution in [2.24, 2.45) is 0 Å². The number of carbonyl (C=O) groups is 1. The van der Waals surface area contributed by atoms with E-state index in [-0.39, 0.29) is 12.1 Å². The Balaban J connectivity index is 1.62. The van der Waals surface area contributed by atoms with E-state index < -0.39 is 0 Å². The van der Waals surface area contributed by atoms with E-state index in [0.29, 0.717) is 6.54 Å². The van der Waals surface area contributed by atoms with Gasteiger partial charge < -0.3 is 10.6 Å². The Morgan fingerprint density at radius 3 is 3.11 bits per heavy atom. The zero-order chi connectivity index (χ0) is 13.5. The standard InChI is InChI=1S/C13H18N4OS/c1-11(12-5-2-10-19-12)16-13(18)14-6-3-8-17-9-4-7-15-17/h2,4-5,7,9-11H,3,6,8H2,1H3,(H2,14,16,18)/t11-/m1/s1. The molecule has 1 atom stereocenters. The number of hydrogen-bond acceptors (Lipinski definition) is 3. The van der Waals surface area contributed by atoms with E-state index in [4.69, 9.17) is 0 Å². The summed E-state index contributed by atoms with van der Waals surface area (Å²) in [4.78, 5) is 12.8. The van der Waals surface area contributed by atoms with Gasteiger partial charge in [0.25, 0.3) is 0 Å². The number of aromatic nitrogens is 2. The van der Waals surface area contributed by atoms with Gasteiger partial charge in [-0.15, -0.1) is 11.3 Å². The van der Waals surface area contributed by atoms with E-state index >= 15 is 0 Å². The minimum atomic E-state index is -0.124. The molecule has 0 fully saturated rings.